The summed E-state index contributed by atoms with van der Waals surface area (Å²) in [6.45, 7) is 5.98. The van der Waals surface area contributed by atoms with Crippen molar-refractivity contribution < 1.29 is 4.79 Å². The summed E-state index contributed by atoms with van der Waals surface area (Å²) >= 11 is 0. The van der Waals surface area contributed by atoms with Gasteiger partial charge in [0, 0.05) is 12.8 Å². The van der Waals surface area contributed by atoms with Crippen molar-refractivity contribution in [3.05, 3.63) is 6.92 Å². The van der Waals surface area contributed by atoms with Crippen LogP contribution in [0.25, 0.3) is 0 Å². The molecule has 0 saturated heterocycles. The highest BCUT2D eigenvalue weighted by molar-refractivity contribution is 5.78. The molecule has 0 aromatic rings. The van der Waals surface area contributed by atoms with Crippen LogP contribution in [0, 0.1) is 6.92 Å². The highest BCUT2D eigenvalue weighted by Gasteiger charge is 1.99. The monoisotopic (exact) mass is 267 g/mol. The number of unbranched alkanes of at least 4 members (excludes halogenated alkanes) is 11. The third-order valence-electron chi connectivity index (χ3n) is 3.76. The number of ketones is 1. The van der Waals surface area contributed by atoms with E-state index in [9.17, 15) is 4.79 Å². The third-order valence-corrected chi connectivity index (χ3v) is 3.76. The Bertz CT molecular complexity index is 186. The lowest BCUT2D eigenvalue weighted by Gasteiger charge is -2.02. The van der Waals surface area contributed by atoms with Gasteiger partial charge < -0.3 is 0 Å². The van der Waals surface area contributed by atoms with Crippen LogP contribution < -0.4 is 0 Å². The summed E-state index contributed by atoms with van der Waals surface area (Å²) in [7, 11) is 0. The van der Waals surface area contributed by atoms with Crippen LogP contribution >= 0.6 is 0 Å². The fourth-order valence-corrected chi connectivity index (χ4v) is 2.49. The van der Waals surface area contributed by atoms with E-state index < -0.39 is 0 Å². The Hall–Kier alpha value is -0.330. The van der Waals surface area contributed by atoms with E-state index in [4.69, 9.17) is 0 Å². The second kappa shape index (κ2) is 15.7. The largest absolute Gasteiger partial charge is 0.300 e. The maximum absolute atomic E-state index is 11.3. The summed E-state index contributed by atoms with van der Waals surface area (Å²) in [6.07, 6.45) is 18.5. The first-order valence-corrected chi connectivity index (χ1v) is 8.62. The normalized spacial score (nSPS) is 10.8. The lowest BCUT2D eigenvalue weighted by atomic mass is 10.0. The zero-order valence-electron chi connectivity index (χ0n) is 13.2. The molecule has 0 aliphatic heterocycles. The van der Waals surface area contributed by atoms with Crippen molar-refractivity contribution in [3.8, 4) is 0 Å². The molecule has 0 atom stereocenters. The van der Waals surface area contributed by atoms with Crippen LogP contribution in [-0.2, 0) is 4.79 Å². The zero-order valence-corrected chi connectivity index (χ0v) is 13.2. The van der Waals surface area contributed by atoms with Crippen molar-refractivity contribution >= 4 is 5.78 Å². The van der Waals surface area contributed by atoms with E-state index in [1.54, 1.807) is 0 Å². The van der Waals surface area contributed by atoms with Crippen LogP contribution in [-0.4, -0.2) is 5.78 Å². The van der Waals surface area contributed by atoms with E-state index >= 15 is 0 Å². The van der Waals surface area contributed by atoms with Gasteiger partial charge in [-0.2, -0.15) is 0 Å². The van der Waals surface area contributed by atoms with Crippen LogP contribution in [0.15, 0.2) is 0 Å². The van der Waals surface area contributed by atoms with Gasteiger partial charge in [0.2, 0.25) is 0 Å². The second-order valence-corrected chi connectivity index (χ2v) is 5.78. The van der Waals surface area contributed by atoms with E-state index in [0.717, 1.165) is 19.3 Å². The summed E-state index contributed by atoms with van der Waals surface area (Å²) in [4.78, 5) is 11.3. The lowest BCUT2D eigenvalue weighted by molar-refractivity contribution is -0.119. The molecule has 0 fully saturated rings. The Labute approximate surface area is 121 Å². The highest BCUT2D eigenvalue weighted by atomic mass is 16.1. The minimum atomic E-state index is 0.405. The first-order chi connectivity index (χ1) is 9.31. The maximum Gasteiger partial charge on any atom is 0.132 e. The summed E-state index contributed by atoms with van der Waals surface area (Å²) in [5, 5.41) is 0. The quantitative estimate of drug-likeness (QED) is 0.320. The van der Waals surface area contributed by atoms with Crippen molar-refractivity contribution in [1.29, 1.82) is 0 Å². The SMILES string of the molecule is [CH2]CCC(=O)CCCCCCCCCCCCCC. The van der Waals surface area contributed by atoms with Crippen molar-refractivity contribution in [2.24, 2.45) is 0 Å². The van der Waals surface area contributed by atoms with E-state index in [2.05, 4.69) is 13.8 Å². The van der Waals surface area contributed by atoms with Crippen molar-refractivity contribution in [2.75, 3.05) is 0 Å². The fourth-order valence-electron chi connectivity index (χ4n) is 2.49. The minimum Gasteiger partial charge on any atom is -0.300 e. The molecular weight excluding hydrogens is 232 g/mol. The molecule has 0 bridgehead atoms. The topological polar surface area (TPSA) is 17.1 Å². The lowest BCUT2D eigenvalue weighted by Crippen LogP contribution is -1.96. The average molecular weight is 267 g/mol. The van der Waals surface area contributed by atoms with Crippen molar-refractivity contribution in [1.82, 2.24) is 0 Å². The molecule has 0 aromatic heterocycles. The Morgan fingerprint density at radius 1 is 0.684 bits per heavy atom. The molecule has 113 valence electrons. The first kappa shape index (κ1) is 18.7. The predicted octanol–water partition coefficient (Wildman–Crippen LogP) is 6.26. The van der Waals surface area contributed by atoms with Crippen molar-refractivity contribution in [2.45, 2.75) is 103 Å². The average Bonchev–Trinajstić information content (AvgIpc) is 2.40. The van der Waals surface area contributed by atoms with Gasteiger partial charge in [-0.25, -0.2) is 0 Å². The molecule has 1 heteroatoms. The van der Waals surface area contributed by atoms with Gasteiger partial charge in [0.05, 0.1) is 0 Å². The van der Waals surface area contributed by atoms with E-state index in [0.29, 0.717) is 12.2 Å². The smallest absolute Gasteiger partial charge is 0.132 e. The van der Waals surface area contributed by atoms with Crippen LogP contribution in [0.1, 0.15) is 103 Å². The van der Waals surface area contributed by atoms with Crippen LogP contribution in [0.5, 0.6) is 0 Å². The van der Waals surface area contributed by atoms with Crippen molar-refractivity contribution in [3.63, 3.8) is 0 Å². The maximum atomic E-state index is 11.3. The minimum absolute atomic E-state index is 0.405. The first-order valence-electron chi connectivity index (χ1n) is 8.62. The number of hydrogen-bond acceptors (Lipinski definition) is 1. The Balaban J connectivity index is 3.01. The van der Waals surface area contributed by atoms with Crippen LogP contribution in [0.4, 0.5) is 0 Å². The van der Waals surface area contributed by atoms with Crippen LogP contribution in [0.2, 0.25) is 0 Å². The third kappa shape index (κ3) is 15.6. The molecule has 19 heavy (non-hydrogen) atoms. The number of rotatable bonds is 15. The summed E-state index contributed by atoms with van der Waals surface area (Å²) in [5.74, 6) is 0.405. The summed E-state index contributed by atoms with van der Waals surface area (Å²) in [6, 6.07) is 0. The molecule has 0 amide bonds. The molecule has 0 saturated carbocycles. The molecule has 0 aliphatic carbocycles. The van der Waals surface area contributed by atoms with Gasteiger partial charge in [-0.15, -0.1) is 0 Å². The Morgan fingerprint density at radius 3 is 1.53 bits per heavy atom. The van der Waals surface area contributed by atoms with Gasteiger partial charge in [-0.3, -0.25) is 4.79 Å². The zero-order chi connectivity index (χ0) is 14.2. The molecule has 0 N–H and O–H groups in total. The van der Waals surface area contributed by atoms with Gasteiger partial charge >= 0.3 is 0 Å². The number of hydrogen-bond donors (Lipinski definition) is 0. The molecule has 0 aromatic carbocycles. The summed E-state index contributed by atoms with van der Waals surface area (Å²) in [5.41, 5.74) is 0. The Kier molecular flexibility index (Phi) is 15.5. The molecule has 1 radical (unpaired) electrons. The molecule has 0 rings (SSSR count). The molecule has 0 aliphatic rings. The number of carbonyl (C=O) groups excluding carboxylic acids is 1. The van der Waals surface area contributed by atoms with Gasteiger partial charge in [0.15, 0.2) is 0 Å². The molecule has 0 unspecified atom stereocenters. The molecule has 0 spiro atoms. The molecular formula is C18H35O. The highest BCUT2D eigenvalue weighted by Crippen LogP contribution is 2.12. The van der Waals surface area contributed by atoms with E-state index in [1.165, 1.54) is 70.6 Å². The predicted molar refractivity (Wildman–Crippen MR) is 85.3 cm³/mol. The standard InChI is InChI=1S/C18H35O/c1-3-5-6-7-8-9-10-11-12-13-14-15-17-18(19)16-4-2/h2-17H2,1H3. The fraction of sp³-hybridized carbons (Fsp3) is 0.889. The molecule has 0 heterocycles. The van der Waals surface area contributed by atoms with E-state index in [1.807, 2.05) is 0 Å². The number of Topliss-reactive ketones (excluding diaryl/α,β-unsaturated/α-hetero) is 1. The second-order valence-electron chi connectivity index (χ2n) is 5.78. The van der Waals surface area contributed by atoms with Gasteiger partial charge in [0.1, 0.15) is 5.78 Å². The van der Waals surface area contributed by atoms with E-state index in [-0.39, 0.29) is 0 Å². The van der Waals surface area contributed by atoms with Gasteiger partial charge in [0.25, 0.3) is 0 Å². The molecule has 1 nitrogen and oxygen atoms in total. The number of carbonyl (C=O) groups is 1. The summed E-state index contributed by atoms with van der Waals surface area (Å²) < 4.78 is 0. The van der Waals surface area contributed by atoms with Gasteiger partial charge in [-0.05, 0) is 12.8 Å². The van der Waals surface area contributed by atoms with Crippen LogP contribution in [0.3, 0.4) is 0 Å². The Morgan fingerprint density at radius 2 is 1.11 bits per heavy atom. The van der Waals surface area contributed by atoms with Gasteiger partial charge in [-0.1, -0.05) is 84.5 Å².